The first-order chi connectivity index (χ1) is 9.66. The molecule has 20 heavy (non-hydrogen) atoms. The number of rotatable bonds is 5. The predicted molar refractivity (Wildman–Crippen MR) is 86.2 cm³/mol. The van der Waals surface area contributed by atoms with E-state index in [1.807, 2.05) is 42.6 Å². The average Bonchev–Trinajstić information content (AvgIpc) is 2.46. The zero-order valence-corrected chi connectivity index (χ0v) is 13.3. The lowest BCUT2D eigenvalue weighted by Crippen LogP contribution is -2.13. The van der Waals surface area contributed by atoms with Crippen molar-refractivity contribution in [2.75, 3.05) is 0 Å². The van der Waals surface area contributed by atoms with Crippen molar-refractivity contribution < 1.29 is 4.43 Å². The SMILES string of the molecule is CC(N=Cc1ccccn1)c1ccccc1O[SiH](C)C. The molecule has 0 aliphatic rings. The van der Waals surface area contributed by atoms with Crippen LogP contribution < -0.4 is 4.43 Å². The normalized spacial score (nSPS) is 12.8. The van der Waals surface area contributed by atoms with Crippen LogP contribution >= 0.6 is 0 Å². The molecule has 0 fully saturated rings. The molecule has 1 aromatic heterocycles. The van der Waals surface area contributed by atoms with Crippen LogP contribution in [0, 0.1) is 0 Å². The maximum atomic E-state index is 5.97. The third kappa shape index (κ3) is 4.03. The molecule has 0 N–H and O–H groups in total. The highest BCUT2D eigenvalue weighted by molar-refractivity contribution is 6.49. The third-order valence-electron chi connectivity index (χ3n) is 2.85. The fourth-order valence-electron chi connectivity index (χ4n) is 1.91. The molecular weight excluding hydrogens is 264 g/mol. The molecule has 1 heterocycles. The lowest BCUT2D eigenvalue weighted by Gasteiger charge is -2.16. The van der Waals surface area contributed by atoms with Gasteiger partial charge in [-0.15, -0.1) is 0 Å². The van der Waals surface area contributed by atoms with Crippen LogP contribution in [0.1, 0.15) is 24.2 Å². The zero-order chi connectivity index (χ0) is 14.4. The number of hydrogen-bond acceptors (Lipinski definition) is 3. The van der Waals surface area contributed by atoms with Gasteiger partial charge in [-0.2, -0.15) is 0 Å². The molecule has 0 spiro atoms. The lowest BCUT2D eigenvalue weighted by molar-refractivity contribution is 0.564. The van der Waals surface area contributed by atoms with E-state index in [4.69, 9.17) is 4.43 Å². The van der Waals surface area contributed by atoms with Gasteiger partial charge in [-0.25, -0.2) is 0 Å². The highest BCUT2D eigenvalue weighted by Crippen LogP contribution is 2.27. The molecule has 0 aliphatic heterocycles. The monoisotopic (exact) mass is 284 g/mol. The van der Waals surface area contributed by atoms with Gasteiger partial charge in [-0.05, 0) is 38.2 Å². The third-order valence-corrected chi connectivity index (χ3v) is 3.58. The van der Waals surface area contributed by atoms with Crippen molar-refractivity contribution in [1.29, 1.82) is 0 Å². The first-order valence-electron chi connectivity index (χ1n) is 6.86. The molecule has 4 heteroatoms. The van der Waals surface area contributed by atoms with Crippen molar-refractivity contribution >= 4 is 15.3 Å². The molecule has 1 atom stereocenters. The van der Waals surface area contributed by atoms with Crippen LogP contribution in [0.2, 0.25) is 13.1 Å². The summed E-state index contributed by atoms with van der Waals surface area (Å²) in [6, 6.07) is 14.0. The van der Waals surface area contributed by atoms with E-state index >= 15 is 0 Å². The van der Waals surface area contributed by atoms with Crippen LogP contribution in [-0.2, 0) is 0 Å². The summed E-state index contributed by atoms with van der Waals surface area (Å²) < 4.78 is 5.97. The van der Waals surface area contributed by atoms with Crippen LogP contribution in [0.4, 0.5) is 0 Å². The molecule has 0 aliphatic carbocycles. The second kappa shape index (κ2) is 7.00. The summed E-state index contributed by atoms with van der Waals surface area (Å²) in [6.07, 6.45) is 3.59. The molecule has 1 unspecified atom stereocenters. The van der Waals surface area contributed by atoms with E-state index in [-0.39, 0.29) is 6.04 Å². The molecule has 0 saturated carbocycles. The van der Waals surface area contributed by atoms with Gasteiger partial charge in [-0.3, -0.25) is 9.98 Å². The first-order valence-corrected chi connectivity index (χ1v) is 9.64. The Morgan fingerprint density at radius 3 is 2.60 bits per heavy atom. The summed E-state index contributed by atoms with van der Waals surface area (Å²) in [5.74, 6) is 0.958. The Bertz CT molecular complexity index is 570. The average molecular weight is 284 g/mol. The molecule has 2 aromatic rings. The van der Waals surface area contributed by atoms with Gasteiger partial charge >= 0.3 is 0 Å². The smallest absolute Gasteiger partial charge is 0.229 e. The Kier molecular flexibility index (Phi) is 5.07. The van der Waals surface area contributed by atoms with Crippen LogP contribution in [0.25, 0.3) is 0 Å². The summed E-state index contributed by atoms with van der Waals surface area (Å²) in [5, 5.41) is 0. The van der Waals surface area contributed by atoms with Crippen LogP contribution in [0.3, 0.4) is 0 Å². The molecule has 3 nitrogen and oxygen atoms in total. The first kappa shape index (κ1) is 14.5. The van der Waals surface area contributed by atoms with Crippen LogP contribution in [0.15, 0.2) is 53.7 Å². The van der Waals surface area contributed by atoms with Crippen molar-refractivity contribution in [2.45, 2.75) is 26.1 Å². The van der Waals surface area contributed by atoms with E-state index in [1.165, 1.54) is 0 Å². The summed E-state index contributed by atoms with van der Waals surface area (Å²) in [7, 11) is -1.11. The van der Waals surface area contributed by atoms with E-state index < -0.39 is 9.04 Å². The Hall–Kier alpha value is -1.94. The lowest BCUT2D eigenvalue weighted by atomic mass is 10.1. The molecule has 0 amide bonds. The molecule has 104 valence electrons. The number of hydrogen-bond donors (Lipinski definition) is 0. The van der Waals surface area contributed by atoms with Crippen LogP contribution in [-0.4, -0.2) is 20.2 Å². The minimum absolute atomic E-state index is 0.0564. The molecule has 1 aromatic carbocycles. The Labute approximate surface area is 122 Å². The van der Waals surface area contributed by atoms with E-state index in [1.54, 1.807) is 6.20 Å². The predicted octanol–water partition coefficient (Wildman–Crippen LogP) is 3.62. The molecule has 2 rings (SSSR count). The minimum Gasteiger partial charge on any atom is -0.547 e. The Morgan fingerprint density at radius 2 is 1.90 bits per heavy atom. The van der Waals surface area contributed by atoms with Gasteiger partial charge in [-0.1, -0.05) is 24.3 Å². The summed E-state index contributed by atoms with van der Waals surface area (Å²) in [6.45, 7) is 6.40. The zero-order valence-electron chi connectivity index (χ0n) is 12.2. The van der Waals surface area contributed by atoms with E-state index in [9.17, 15) is 0 Å². The highest BCUT2D eigenvalue weighted by atomic mass is 28.3. The molecule has 0 radical (unpaired) electrons. The van der Waals surface area contributed by atoms with Gasteiger partial charge in [0.2, 0.25) is 9.04 Å². The number of pyridine rings is 1. The largest absolute Gasteiger partial charge is 0.547 e. The number of benzene rings is 1. The van der Waals surface area contributed by atoms with Gasteiger partial charge < -0.3 is 4.43 Å². The van der Waals surface area contributed by atoms with Gasteiger partial charge in [0.25, 0.3) is 0 Å². The van der Waals surface area contributed by atoms with Gasteiger partial charge in [0.15, 0.2) is 0 Å². The summed E-state index contributed by atoms with van der Waals surface area (Å²) in [5.41, 5.74) is 2.00. The van der Waals surface area contributed by atoms with E-state index in [0.29, 0.717) is 0 Å². The van der Waals surface area contributed by atoms with Gasteiger partial charge in [0, 0.05) is 18.0 Å². The Balaban J connectivity index is 2.17. The van der Waals surface area contributed by atoms with Gasteiger partial charge in [0.05, 0.1) is 11.7 Å². The fraction of sp³-hybridized carbons (Fsp3) is 0.250. The molecule has 0 saturated heterocycles. The molecule has 0 bridgehead atoms. The van der Waals surface area contributed by atoms with Crippen molar-refractivity contribution in [1.82, 2.24) is 4.98 Å². The standard InChI is InChI=1S/C16H20N2OSi/c1-13(18-12-14-8-6-7-11-17-14)15-9-4-5-10-16(15)19-20(2)3/h4-13,20H,1-3H3. The molecular formula is C16H20N2OSi. The van der Waals surface area contributed by atoms with E-state index in [2.05, 4.69) is 36.1 Å². The quantitative estimate of drug-likeness (QED) is 0.621. The van der Waals surface area contributed by atoms with Crippen molar-refractivity contribution in [3.63, 3.8) is 0 Å². The van der Waals surface area contributed by atoms with Crippen molar-refractivity contribution in [2.24, 2.45) is 4.99 Å². The fourth-order valence-corrected chi connectivity index (χ4v) is 2.63. The minimum atomic E-state index is -1.11. The maximum Gasteiger partial charge on any atom is 0.229 e. The number of nitrogens with zero attached hydrogens (tertiary/aromatic N) is 2. The number of aliphatic imine (C=N–C) groups is 1. The van der Waals surface area contributed by atoms with Crippen LogP contribution in [0.5, 0.6) is 5.75 Å². The number of aromatic nitrogens is 1. The van der Waals surface area contributed by atoms with Crippen molar-refractivity contribution in [3.05, 3.63) is 59.9 Å². The number of para-hydroxylation sites is 1. The second-order valence-electron chi connectivity index (χ2n) is 4.91. The highest BCUT2D eigenvalue weighted by Gasteiger charge is 2.10. The maximum absolute atomic E-state index is 5.97. The van der Waals surface area contributed by atoms with E-state index in [0.717, 1.165) is 17.0 Å². The topological polar surface area (TPSA) is 34.5 Å². The van der Waals surface area contributed by atoms with Crippen molar-refractivity contribution in [3.8, 4) is 5.75 Å². The Morgan fingerprint density at radius 1 is 1.15 bits per heavy atom. The summed E-state index contributed by atoms with van der Waals surface area (Å²) >= 11 is 0. The van der Waals surface area contributed by atoms with Gasteiger partial charge in [0.1, 0.15) is 5.75 Å². The summed E-state index contributed by atoms with van der Waals surface area (Å²) in [4.78, 5) is 8.82. The second-order valence-corrected chi connectivity index (χ2v) is 7.25.